The summed E-state index contributed by atoms with van der Waals surface area (Å²) in [5.74, 6) is -0.630. The standard InChI is InChI=1S/C18H18ClFN4O2/c1-11-15-16(19)14(18(25)21-8-3-9-26-2)10-22-17(15)24(23-11)13-6-4-12(20)5-7-13/h4-7,10H,3,8-9H2,1-2H3,(H,21,25). The molecule has 0 aliphatic rings. The van der Waals surface area contributed by atoms with E-state index in [4.69, 9.17) is 16.3 Å². The number of carbonyl (C=O) groups excluding carboxylic acids is 1. The molecule has 1 aromatic carbocycles. The van der Waals surface area contributed by atoms with E-state index in [1.165, 1.54) is 18.3 Å². The zero-order chi connectivity index (χ0) is 18.7. The molecule has 2 heterocycles. The van der Waals surface area contributed by atoms with Crippen molar-refractivity contribution in [2.24, 2.45) is 0 Å². The summed E-state index contributed by atoms with van der Waals surface area (Å²) in [7, 11) is 1.61. The molecule has 0 saturated carbocycles. The van der Waals surface area contributed by atoms with Crippen LogP contribution in [0.2, 0.25) is 5.02 Å². The highest BCUT2D eigenvalue weighted by Gasteiger charge is 2.19. The molecule has 1 amide bonds. The minimum Gasteiger partial charge on any atom is -0.385 e. The Hall–Kier alpha value is -2.51. The zero-order valence-corrected chi connectivity index (χ0v) is 15.2. The first-order chi connectivity index (χ1) is 12.5. The molecule has 0 atom stereocenters. The zero-order valence-electron chi connectivity index (χ0n) is 14.4. The van der Waals surface area contributed by atoms with Gasteiger partial charge in [0.25, 0.3) is 5.91 Å². The van der Waals surface area contributed by atoms with Gasteiger partial charge in [-0.05, 0) is 37.6 Å². The summed E-state index contributed by atoms with van der Waals surface area (Å²) >= 11 is 6.47. The number of nitrogens with one attached hydrogen (secondary N) is 1. The van der Waals surface area contributed by atoms with Crippen LogP contribution in [0.1, 0.15) is 22.5 Å². The summed E-state index contributed by atoms with van der Waals surface area (Å²) in [6.45, 7) is 2.83. The van der Waals surface area contributed by atoms with Crippen LogP contribution in [-0.2, 0) is 4.74 Å². The predicted molar refractivity (Wildman–Crippen MR) is 97.4 cm³/mol. The lowest BCUT2D eigenvalue weighted by Gasteiger charge is -2.08. The van der Waals surface area contributed by atoms with Crippen molar-refractivity contribution in [1.82, 2.24) is 20.1 Å². The molecule has 0 saturated heterocycles. The Morgan fingerprint density at radius 2 is 2.08 bits per heavy atom. The molecule has 0 bridgehead atoms. The summed E-state index contributed by atoms with van der Waals surface area (Å²) < 4.78 is 19.7. The fourth-order valence-corrected chi connectivity index (χ4v) is 3.00. The summed E-state index contributed by atoms with van der Waals surface area (Å²) in [5, 5.41) is 8.12. The topological polar surface area (TPSA) is 69.0 Å². The molecular formula is C18H18ClFN4O2. The quantitative estimate of drug-likeness (QED) is 0.670. The highest BCUT2D eigenvalue weighted by molar-refractivity contribution is 6.38. The number of carbonyl (C=O) groups is 1. The van der Waals surface area contributed by atoms with E-state index in [0.29, 0.717) is 52.6 Å². The van der Waals surface area contributed by atoms with E-state index < -0.39 is 0 Å². The van der Waals surface area contributed by atoms with E-state index in [0.717, 1.165) is 0 Å². The van der Waals surface area contributed by atoms with Gasteiger partial charge in [-0.25, -0.2) is 14.1 Å². The van der Waals surface area contributed by atoms with Crippen LogP contribution in [0.15, 0.2) is 30.5 Å². The molecule has 0 aliphatic heterocycles. The third kappa shape index (κ3) is 3.54. The van der Waals surface area contributed by atoms with Gasteiger partial charge in [0.1, 0.15) is 5.82 Å². The van der Waals surface area contributed by atoms with Gasteiger partial charge in [0.05, 0.1) is 27.4 Å². The highest BCUT2D eigenvalue weighted by atomic mass is 35.5. The molecule has 0 aliphatic carbocycles. The van der Waals surface area contributed by atoms with Crippen LogP contribution in [0.5, 0.6) is 0 Å². The normalized spacial score (nSPS) is 11.1. The number of pyridine rings is 1. The Morgan fingerprint density at radius 1 is 1.35 bits per heavy atom. The van der Waals surface area contributed by atoms with E-state index in [2.05, 4.69) is 15.4 Å². The summed E-state index contributed by atoms with van der Waals surface area (Å²) in [6.07, 6.45) is 2.13. The number of fused-ring (bicyclic) bond motifs is 1. The van der Waals surface area contributed by atoms with Gasteiger partial charge in [0, 0.05) is 26.5 Å². The van der Waals surface area contributed by atoms with Crippen molar-refractivity contribution in [2.45, 2.75) is 13.3 Å². The van der Waals surface area contributed by atoms with Gasteiger partial charge in [-0.3, -0.25) is 4.79 Å². The van der Waals surface area contributed by atoms with Gasteiger partial charge in [-0.1, -0.05) is 11.6 Å². The highest BCUT2D eigenvalue weighted by Crippen LogP contribution is 2.29. The van der Waals surface area contributed by atoms with E-state index >= 15 is 0 Å². The second kappa shape index (κ2) is 7.80. The van der Waals surface area contributed by atoms with Crippen molar-refractivity contribution in [1.29, 1.82) is 0 Å². The average Bonchev–Trinajstić information content (AvgIpc) is 2.97. The van der Waals surface area contributed by atoms with Crippen LogP contribution in [0.25, 0.3) is 16.7 Å². The molecule has 6 nitrogen and oxygen atoms in total. The second-order valence-corrected chi connectivity index (χ2v) is 6.14. The largest absolute Gasteiger partial charge is 0.385 e. The van der Waals surface area contributed by atoms with E-state index in [1.54, 1.807) is 30.8 Å². The number of hydrogen-bond donors (Lipinski definition) is 1. The SMILES string of the molecule is COCCCNC(=O)c1cnc2c(c(C)nn2-c2ccc(F)cc2)c1Cl. The fourth-order valence-electron chi connectivity index (χ4n) is 2.64. The summed E-state index contributed by atoms with van der Waals surface area (Å²) in [6, 6.07) is 5.91. The lowest BCUT2D eigenvalue weighted by Crippen LogP contribution is -2.25. The predicted octanol–water partition coefficient (Wildman–Crippen LogP) is 3.29. The lowest BCUT2D eigenvalue weighted by atomic mass is 10.2. The van der Waals surface area contributed by atoms with Crippen molar-refractivity contribution < 1.29 is 13.9 Å². The Labute approximate surface area is 154 Å². The third-order valence-corrected chi connectivity index (χ3v) is 4.33. The van der Waals surface area contributed by atoms with Gasteiger partial charge in [0.2, 0.25) is 0 Å². The van der Waals surface area contributed by atoms with Crippen molar-refractivity contribution in [3.63, 3.8) is 0 Å². The molecule has 3 rings (SSSR count). The van der Waals surface area contributed by atoms with E-state index in [-0.39, 0.29) is 11.7 Å². The number of nitrogens with zero attached hydrogens (tertiary/aromatic N) is 3. The van der Waals surface area contributed by atoms with Crippen LogP contribution >= 0.6 is 11.6 Å². The average molecular weight is 377 g/mol. The molecule has 0 spiro atoms. The number of benzene rings is 1. The number of hydrogen-bond acceptors (Lipinski definition) is 4. The smallest absolute Gasteiger partial charge is 0.254 e. The minimum atomic E-state index is -0.333. The molecular weight excluding hydrogens is 359 g/mol. The first-order valence-electron chi connectivity index (χ1n) is 8.10. The first-order valence-corrected chi connectivity index (χ1v) is 8.47. The maximum Gasteiger partial charge on any atom is 0.254 e. The van der Waals surface area contributed by atoms with Crippen LogP contribution in [-0.4, -0.2) is 40.9 Å². The Bertz CT molecular complexity index is 941. The second-order valence-electron chi connectivity index (χ2n) is 5.76. The van der Waals surface area contributed by atoms with Crippen molar-refractivity contribution in [3.8, 4) is 5.69 Å². The van der Waals surface area contributed by atoms with Crippen LogP contribution in [0.3, 0.4) is 0 Å². The molecule has 2 aromatic heterocycles. The molecule has 136 valence electrons. The van der Waals surface area contributed by atoms with E-state index in [9.17, 15) is 9.18 Å². The molecule has 0 unspecified atom stereocenters. The minimum absolute atomic E-state index is 0.290. The maximum absolute atomic E-state index is 13.2. The van der Waals surface area contributed by atoms with Crippen LogP contribution in [0, 0.1) is 12.7 Å². The number of aryl methyl sites for hydroxylation is 1. The molecule has 26 heavy (non-hydrogen) atoms. The summed E-state index contributed by atoms with van der Waals surface area (Å²) in [5.41, 5.74) is 2.09. The van der Waals surface area contributed by atoms with Crippen molar-refractivity contribution in [2.75, 3.05) is 20.3 Å². The van der Waals surface area contributed by atoms with Gasteiger partial charge in [0.15, 0.2) is 5.65 Å². The number of ether oxygens (including phenoxy) is 1. The van der Waals surface area contributed by atoms with E-state index in [1.807, 2.05) is 0 Å². The number of amides is 1. The van der Waals surface area contributed by atoms with Crippen LogP contribution < -0.4 is 5.32 Å². The summed E-state index contributed by atoms with van der Waals surface area (Å²) in [4.78, 5) is 16.7. The Morgan fingerprint density at radius 3 is 2.77 bits per heavy atom. The van der Waals surface area contributed by atoms with Gasteiger partial charge in [-0.2, -0.15) is 5.10 Å². The number of methoxy groups -OCH3 is 1. The molecule has 1 N–H and O–H groups in total. The molecule has 3 aromatic rings. The number of halogens is 2. The van der Waals surface area contributed by atoms with Crippen LogP contribution in [0.4, 0.5) is 4.39 Å². The Kier molecular flexibility index (Phi) is 5.49. The van der Waals surface area contributed by atoms with Gasteiger partial charge < -0.3 is 10.1 Å². The first kappa shape index (κ1) is 18.3. The van der Waals surface area contributed by atoms with Crippen molar-refractivity contribution in [3.05, 3.63) is 52.6 Å². The monoisotopic (exact) mass is 376 g/mol. The number of aromatic nitrogens is 3. The Balaban J connectivity index is 1.96. The lowest BCUT2D eigenvalue weighted by molar-refractivity contribution is 0.0948. The molecule has 8 heteroatoms. The molecule has 0 radical (unpaired) electrons. The fraction of sp³-hybridized carbons (Fsp3) is 0.278. The van der Waals surface area contributed by atoms with Gasteiger partial charge in [-0.15, -0.1) is 0 Å². The van der Waals surface area contributed by atoms with Gasteiger partial charge >= 0.3 is 0 Å². The third-order valence-electron chi connectivity index (χ3n) is 3.93. The van der Waals surface area contributed by atoms with Crippen molar-refractivity contribution >= 4 is 28.5 Å². The number of rotatable bonds is 6. The molecule has 0 fully saturated rings. The maximum atomic E-state index is 13.2.